The highest BCUT2D eigenvalue weighted by Crippen LogP contribution is 2.53. The van der Waals surface area contributed by atoms with Gasteiger partial charge in [0.15, 0.2) is 22.9 Å². The fraction of sp³-hybridized carbons (Fsp3) is 0.368. The molecular weight excluding hydrogens is 328 g/mol. The Balaban J connectivity index is 1.52. The summed E-state index contributed by atoms with van der Waals surface area (Å²) in [7, 11) is 1.69. The molecule has 7 nitrogen and oxygen atoms in total. The molecule has 26 heavy (non-hydrogen) atoms. The summed E-state index contributed by atoms with van der Waals surface area (Å²) >= 11 is 0. The quantitative estimate of drug-likeness (QED) is 0.569. The fourth-order valence-electron chi connectivity index (χ4n) is 3.64. The highest BCUT2D eigenvalue weighted by Gasteiger charge is 2.44. The van der Waals surface area contributed by atoms with E-state index in [4.69, 9.17) is 19.8 Å². The molecule has 0 radical (unpaired) electrons. The van der Waals surface area contributed by atoms with Crippen molar-refractivity contribution >= 4 is 11.3 Å². The molecule has 1 aliphatic carbocycles. The number of imidazole rings is 1. The second kappa shape index (κ2) is 5.27. The van der Waals surface area contributed by atoms with Gasteiger partial charge in [0, 0.05) is 30.4 Å². The lowest BCUT2D eigenvalue weighted by atomic mass is 10.2. The summed E-state index contributed by atoms with van der Waals surface area (Å²) in [5.74, 6) is 2.38. The summed E-state index contributed by atoms with van der Waals surface area (Å²) in [6, 6.07) is 2.05. The van der Waals surface area contributed by atoms with Crippen molar-refractivity contribution in [2.45, 2.75) is 39.0 Å². The minimum atomic E-state index is 0.311. The van der Waals surface area contributed by atoms with E-state index in [1.807, 2.05) is 48.1 Å². The van der Waals surface area contributed by atoms with E-state index < -0.39 is 0 Å². The van der Waals surface area contributed by atoms with Gasteiger partial charge in [-0.25, -0.2) is 14.5 Å². The van der Waals surface area contributed by atoms with Gasteiger partial charge in [0.2, 0.25) is 0 Å². The van der Waals surface area contributed by atoms with E-state index in [1.54, 1.807) is 7.11 Å². The molecule has 0 spiro atoms. The lowest BCUT2D eigenvalue weighted by Crippen LogP contribution is -1.97. The Morgan fingerprint density at radius 3 is 2.73 bits per heavy atom. The zero-order chi connectivity index (χ0) is 18.0. The maximum absolute atomic E-state index is 5.53. The summed E-state index contributed by atoms with van der Waals surface area (Å²) in [6.45, 7) is 6.00. The van der Waals surface area contributed by atoms with E-state index >= 15 is 0 Å². The molecule has 2 unspecified atom stereocenters. The summed E-state index contributed by atoms with van der Waals surface area (Å²) in [6.07, 6.45) is 6.98. The Bertz CT molecular complexity index is 1120. The van der Waals surface area contributed by atoms with Gasteiger partial charge in [-0.1, -0.05) is 0 Å². The topological polar surface area (TPSA) is 69.6 Å². The molecule has 0 aliphatic heterocycles. The summed E-state index contributed by atoms with van der Waals surface area (Å²) < 4.78 is 9.46. The summed E-state index contributed by atoms with van der Waals surface area (Å²) in [5.41, 5.74) is 5.77. The smallest absolute Gasteiger partial charge is 0.180 e. The molecule has 1 aliphatic rings. The first-order valence-corrected chi connectivity index (χ1v) is 8.78. The van der Waals surface area contributed by atoms with Crippen LogP contribution in [0.5, 0.6) is 5.75 Å². The second-order valence-electron chi connectivity index (χ2n) is 7.07. The third-order valence-corrected chi connectivity index (χ3v) is 5.23. The number of hydrogen-bond donors (Lipinski definition) is 0. The van der Waals surface area contributed by atoms with Crippen LogP contribution in [0.15, 0.2) is 24.7 Å². The minimum Gasteiger partial charge on any atom is -0.493 e. The van der Waals surface area contributed by atoms with Crippen LogP contribution in [-0.2, 0) is 0 Å². The number of hydrogen-bond acceptors (Lipinski definition) is 5. The lowest BCUT2D eigenvalue weighted by molar-refractivity contribution is 0.414. The number of methoxy groups -OCH3 is 1. The number of aromatic nitrogens is 6. The molecule has 1 fully saturated rings. The molecule has 4 aromatic rings. The van der Waals surface area contributed by atoms with Crippen molar-refractivity contribution in [3.8, 4) is 5.75 Å². The van der Waals surface area contributed by atoms with Crippen LogP contribution in [-0.4, -0.2) is 36.1 Å². The average Bonchev–Trinajstić information content (AvgIpc) is 3.10. The maximum atomic E-state index is 5.53. The maximum Gasteiger partial charge on any atom is 0.180 e. The highest BCUT2D eigenvalue weighted by molar-refractivity contribution is 5.59. The van der Waals surface area contributed by atoms with Crippen LogP contribution in [0.1, 0.15) is 46.7 Å². The van der Waals surface area contributed by atoms with Gasteiger partial charge in [-0.2, -0.15) is 5.10 Å². The minimum absolute atomic E-state index is 0.311. The molecule has 0 saturated heterocycles. The van der Waals surface area contributed by atoms with Crippen LogP contribution in [0.4, 0.5) is 0 Å². The van der Waals surface area contributed by atoms with Gasteiger partial charge < -0.3 is 9.14 Å². The Hall–Kier alpha value is -2.96. The molecule has 4 heterocycles. The Morgan fingerprint density at radius 2 is 1.96 bits per heavy atom. The number of nitrogens with zero attached hydrogens (tertiary/aromatic N) is 6. The van der Waals surface area contributed by atoms with Crippen molar-refractivity contribution in [2.24, 2.45) is 0 Å². The average molecular weight is 348 g/mol. The van der Waals surface area contributed by atoms with Crippen molar-refractivity contribution in [2.75, 3.05) is 7.11 Å². The molecular formula is C19H20N6O. The molecule has 1 saturated carbocycles. The van der Waals surface area contributed by atoms with Crippen molar-refractivity contribution in [3.05, 3.63) is 53.1 Å². The van der Waals surface area contributed by atoms with E-state index in [2.05, 4.69) is 11.2 Å². The Labute approximate surface area is 150 Å². The highest BCUT2D eigenvalue weighted by atomic mass is 16.5. The molecule has 2 atom stereocenters. The van der Waals surface area contributed by atoms with Crippen LogP contribution in [0.3, 0.4) is 0 Å². The predicted molar refractivity (Wildman–Crippen MR) is 96.8 cm³/mol. The van der Waals surface area contributed by atoms with Gasteiger partial charge in [-0.3, -0.25) is 4.98 Å². The first kappa shape index (κ1) is 15.3. The standard InChI is InChI=1S/C19H20N6O/c1-10-5-6-24-9-15(21-19(24)16(10)26-4)13-7-14(13)17-22-18-12(3)20-8-11(2)25(18)23-17/h5-6,8-9,13-14H,7H2,1-4H3. The number of pyridine rings is 1. The third-order valence-electron chi connectivity index (χ3n) is 5.23. The first-order chi connectivity index (χ1) is 12.6. The summed E-state index contributed by atoms with van der Waals surface area (Å²) in [5, 5.41) is 4.72. The molecule has 0 N–H and O–H groups in total. The largest absolute Gasteiger partial charge is 0.493 e. The van der Waals surface area contributed by atoms with Crippen molar-refractivity contribution in [3.63, 3.8) is 0 Å². The Morgan fingerprint density at radius 1 is 1.12 bits per heavy atom. The van der Waals surface area contributed by atoms with E-state index in [0.29, 0.717) is 11.8 Å². The number of fused-ring (bicyclic) bond motifs is 2. The van der Waals surface area contributed by atoms with E-state index in [-0.39, 0.29) is 0 Å². The van der Waals surface area contributed by atoms with Crippen LogP contribution in [0.25, 0.3) is 11.3 Å². The van der Waals surface area contributed by atoms with Crippen LogP contribution in [0, 0.1) is 20.8 Å². The van der Waals surface area contributed by atoms with E-state index in [9.17, 15) is 0 Å². The Kier molecular flexibility index (Phi) is 3.10. The molecule has 0 bridgehead atoms. The van der Waals surface area contributed by atoms with E-state index in [1.165, 1.54) is 0 Å². The molecule has 5 rings (SSSR count). The zero-order valence-corrected chi connectivity index (χ0v) is 15.3. The molecule has 7 heteroatoms. The van der Waals surface area contributed by atoms with Gasteiger partial charge in [-0.15, -0.1) is 0 Å². The number of rotatable bonds is 3. The van der Waals surface area contributed by atoms with Crippen molar-refractivity contribution in [1.82, 2.24) is 29.0 Å². The monoisotopic (exact) mass is 348 g/mol. The predicted octanol–water partition coefficient (Wildman–Crippen LogP) is 2.98. The van der Waals surface area contributed by atoms with Crippen LogP contribution < -0.4 is 4.74 Å². The molecule has 0 aromatic carbocycles. The van der Waals surface area contributed by atoms with Gasteiger partial charge in [0.1, 0.15) is 0 Å². The van der Waals surface area contributed by atoms with Crippen molar-refractivity contribution < 1.29 is 4.74 Å². The molecule has 4 aromatic heterocycles. The number of aryl methyl sites for hydroxylation is 3. The van der Waals surface area contributed by atoms with Gasteiger partial charge in [0.05, 0.1) is 24.2 Å². The van der Waals surface area contributed by atoms with Gasteiger partial charge in [-0.05, 0) is 38.8 Å². The van der Waals surface area contributed by atoms with Gasteiger partial charge in [0.25, 0.3) is 0 Å². The SMILES string of the molecule is COc1c(C)ccn2cc(C3CC3c3nc4c(C)ncc(C)n4n3)nc12. The van der Waals surface area contributed by atoms with Crippen molar-refractivity contribution in [1.29, 1.82) is 0 Å². The van der Waals surface area contributed by atoms with Crippen LogP contribution in [0.2, 0.25) is 0 Å². The van der Waals surface area contributed by atoms with Gasteiger partial charge >= 0.3 is 0 Å². The number of ether oxygens (including phenoxy) is 1. The van der Waals surface area contributed by atoms with Crippen LogP contribution >= 0.6 is 0 Å². The third kappa shape index (κ3) is 2.13. The normalized spacial score (nSPS) is 19.4. The molecule has 132 valence electrons. The second-order valence-corrected chi connectivity index (χ2v) is 7.07. The zero-order valence-electron chi connectivity index (χ0n) is 15.3. The molecule has 0 amide bonds. The first-order valence-electron chi connectivity index (χ1n) is 8.78. The summed E-state index contributed by atoms with van der Waals surface area (Å²) in [4.78, 5) is 14.0. The fourth-order valence-corrected chi connectivity index (χ4v) is 3.64. The lowest BCUT2D eigenvalue weighted by Gasteiger charge is -2.04. The van der Waals surface area contributed by atoms with E-state index in [0.717, 1.165) is 51.9 Å².